The molecular formula is C17H20INO. The van der Waals surface area contributed by atoms with Gasteiger partial charge in [0.1, 0.15) is 0 Å². The molecule has 4 saturated carbocycles. The van der Waals surface area contributed by atoms with Crippen molar-refractivity contribution in [2.45, 2.75) is 32.1 Å². The summed E-state index contributed by atoms with van der Waals surface area (Å²) in [5.41, 5.74) is 0.948. The van der Waals surface area contributed by atoms with Gasteiger partial charge < -0.3 is 5.32 Å². The van der Waals surface area contributed by atoms with Crippen molar-refractivity contribution in [3.63, 3.8) is 0 Å². The fraction of sp³-hybridized carbons (Fsp3) is 0.588. The Balaban J connectivity index is 1.50. The summed E-state index contributed by atoms with van der Waals surface area (Å²) in [6.45, 7) is 0. The number of carbonyl (C=O) groups excluding carboxylic acids is 1. The number of hydrogen-bond donors (Lipinski definition) is 1. The number of anilines is 1. The van der Waals surface area contributed by atoms with Gasteiger partial charge in [0, 0.05) is 15.2 Å². The molecular weight excluding hydrogens is 361 g/mol. The number of rotatable bonds is 2. The lowest BCUT2D eigenvalue weighted by atomic mass is 9.51. The average molecular weight is 381 g/mol. The van der Waals surface area contributed by atoms with Crippen LogP contribution in [0.5, 0.6) is 0 Å². The number of benzene rings is 1. The molecule has 106 valence electrons. The molecule has 0 radical (unpaired) electrons. The lowest BCUT2D eigenvalue weighted by molar-refractivity contribution is -0.132. The van der Waals surface area contributed by atoms with Crippen LogP contribution >= 0.6 is 22.6 Å². The first kappa shape index (κ1) is 13.1. The Bertz CT molecular complexity index is 496. The molecule has 1 N–H and O–H groups in total. The highest BCUT2D eigenvalue weighted by atomic mass is 127. The van der Waals surface area contributed by atoms with Crippen LogP contribution in [0.15, 0.2) is 24.3 Å². The van der Waals surface area contributed by atoms with Gasteiger partial charge in [0.2, 0.25) is 5.91 Å². The zero-order chi connectivity index (χ0) is 13.7. The maximum absolute atomic E-state index is 12.7. The van der Waals surface area contributed by atoms with Crippen LogP contribution < -0.4 is 5.32 Å². The SMILES string of the molecule is O=C(Nc1ccc(I)cc1)C1C2CC3CC(C2)CC1C3. The van der Waals surface area contributed by atoms with Crippen LogP contribution in [-0.4, -0.2) is 5.91 Å². The Kier molecular flexibility index (Phi) is 3.28. The number of nitrogens with one attached hydrogen (secondary N) is 1. The van der Waals surface area contributed by atoms with Gasteiger partial charge in [0.15, 0.2) is 0 Å². The van der Waals surface area contributed by atoms with Crippen LogP contribution in [0, 0.1) is 33.2 Å². The van der Waals surface area contributed by atoms with Crippen molar-refractivity contribution in [1.29, 1.82) is 0 Å². The lowest BCUT2D eigenvalue weighted by Crippen LogP contribution is -2.49. The van der Waals surface area contributed by atoms with Gasteiger partial charge in [-0.05, 0) is 103 Å². The minimum atomic E-state index is 0.278. The maximum atomic E-state index is 12.7. The zero-order valence-corrected chi connectivity index (χ0v) is 13.7. The second-order valence-corrected chi connectivity index (χ2v) is 8.20. The van der Waals surface area contributed by atoms with Crippen LogP contribution in [0.25, 0.3) is 0 Å². The number of hydrogen-bond acceptors (Lipinski definition) is 1. The molecule has 4 aliphatic rings. The van der Waals surface area contributed by atoms with Gasteiger partial charge in [-0.2, -0.15) is 0 Å². The second-order valence-electron chi connectivity index (χ2n) is 6.95. The van der Waals surface area contributed by atoms with Gasteiger partial charge in [-0.15, -0.1) is 0 Å². The fourth-order valence-corrected chi connectivity index (χ4v) is 5.47. The van der Waals surface area contributed by atoms with E-state index in [0.717, 1.165) is 17.5 Å². The van der Waals surface area contributed by atoms with Crippen LogP contribution in [0.2, 0.25) is 0 Å². The summed E-state index contributed by atoms with van der Waals surface area (Å²) in [6, 6.07) is 8.12. The van der Waals surface area contributed by atoms with Gasteiger partial charge in [-0.25, -0.2) is 0 Å². The first-order chi connectivity index (χ1) is 9.69. The van der Waals surface area contributed by atoms with Crippen molar-refractivity contribution >= 4 is 34.2 Å². The normalized spacial score (nSPS) is 38.0. The third-order valence-electron chi connectivity index (χ3n) is 5.64. The molecule has 20 heavy (non-hydrogen) atoms. The lowest BCUT2D eigenvalue weighted by Gasteiger charge is -2.53. The molecule has 1 aromatic rings. The van der Waals surface area contributed by atoms with Crippen molar-refractivity contribution in [2.24, 2.45) is 29.6 Å². The summed E-state index contributed by atoms with van der Waals surface area (Å²) in [4.78, 5) is 12.7. The molecule has 3 heteroatoms. The van der Waals surface area contributed by atoms with Crippen LogP contribution in [-0.2, 0) is 4.79 Å². The highest BCUT2D eigenvalue weighted by Crippen LogP contribution is 2.56. The molecule has 4 aliphatic carbocycles. The van der Waals surface area contributed by atoms with Crippen molar-refractivity contribution in [2.75, 3.05) is 5.32 Å². The Labute approximate surface area is 133 Å². The highest BCUT2D eigenvalue weighted by molar-refractivity contribution is 14.1. The quantitative estimate of drug-likeness (QED) is 0.761. The van der Waals surface area contributed by atoms with Gasteiger partial charge in [0.25, 0.3) is 0 Å². The second kappa shape index (κ2) is 5.00. The van der Waals surface area contributed by atoms with Crippen molar-refractivity contribution in [3.05, 3.63) is 27.8 Å². The predicted molar refractivity (Wildman–Crippen MR) is 88.3 cm³/mol. The van der Waals surface area contributed by atoms with E-state index in [-0.39, 0.29) is 11.8 Å². The smallest absolute Gasteiger partial charge is 0.228 e. The van der Waals surface area contributed by atoms with Crippen molar-refractivity contribution in [3.8, 4) is 0 Å². The predicted octanol–water partition coefficient (Wildman–Crippen LogP) is 4.30. The zero-order valence-electron chi connectivity index (χ0n) is 11.5. The molecule has 0 spiro atoms. The summed E-state index contributed by atoms with van der Waals surface area (Å²) in [5, 5.41) is 3.15. The summed E-state index contributed by atoms with van der Waals surface area (Å²) in [5.74, 6) is 3.74. The van der Waals surface area contributed by atoms with E-state index in [1.807, 2.05) is 24.3 Å². The first-order valence-electron chi connectivity index (χ1n) is 7.75. The van der Waals surface area contributed by atoms with Gasteiger partial charge in [-0.3, -0.25) is 4.79 Å². The van der Waals surface area contributed by atoms with E-state index in [2.05, 4.69) is 27.9 Å². The van der Waals surface area contributed by atoms with Crippen LogP contribution in [0.3, 0.4) is 0 Å². The van der Waals surface area contributed by atoms with Crippen LogP contribution in [0.1, 0.15) is 32.1 Å². The van der Waals surface area contributed by atoms with E-state index < -0.39 is 0 Å². The molecule has 5 rings (SSSR count). The summed E-state index contributed by atoms with van der Waals surface area (Å²) >= 11 is 2.29. The Hall–Kier alpha value is -0.580. The van der Waals surface area contributed by atoms with Crippen molar-refractivity contribution < 1.29 is 4.79 Å². The molecule has 0 aromatic heterocycles. The Morgan fingerprint density at radius 3 is 2.05 bits per heavy atom. The van der Waals surface area contributed by atoms with Crippen LogP contribution in [0.4, 0.5) is 5.69 Å². The highest BCUT2D eigenvalue weighted by Gasteiger charge is 2.50. The molecule has 1 aromatic carbocycles. The number of carbonyl (C=O) groups is 1. The molecule has 0 unspecified atom stereocenters. The molecule has 0 saturated heterocycles. The average Bonchev–Trinajstić information content (AvgIpc) is 2.40. The molecule has 2 nitrogen and oxygen atoms in total. The summed E-state index contributed by atoms with van der Waals surface area (Å²) < 4.78 is 1.20. The molecule has 4 fully saturated rings. The molecule has 0 aliphatic heterocycles. The van der Waals surface area contributed by atoms with E-state index in [1.54, 1.807) is 0 Å². The maximum Gasteiger partial charge on any atom is 0.228 e. The van der Waals surface area contributed by atoms with E-state index in [9.17, 15) is 4.79 Å². The molecule has 4 bridgehead atoms. The molecule has 1 amide bonds. The minimum absolute atomic E-state index is 0.278. The first-order valence-corrected chi connectivity index (χ1v) is 8.83. The largest absolute Gasteiger partial charge is 0.326 e. The number of halogens is 1. The Morgan fingerprint density at radius 2 is 1.50 bits per heavy atom. The van der Waals surface area contributed by atoms with E-state index >= 15 is 0 Å². The Morgan fingerprint density at radius 1 is 0.950 bits per heavy atom. The standard InChI is InChI=1S/C17H20INO/c18-14-1-3-15(4-2-14)19-17(20)16-12-6-10-5-11(8-12)9-13(16)7-10/h1-4,10-13,16H,5-9H2,(H,19,20). The van der Waals surface area contributed by atoms with Gasteiger partial charge in [0.05, 0.1) is 0 Å². The van der Waals surface area contributed by atoms with E-state index in [1.165, 1.54) is 35.7 Å². The summed E-state index contributed by atoms with van der Waals surface area (Å²) in [6.07, 6.45) is 6.66. The van der Waals surface area contributed by atoms with E-state index in [4.69, 9.17) is 0 Å². The van der Waals surface area contributed by atoms with E-state index in [0.29, 0.717) is 11.8 Å². The van der Waals surface area contributed by atoms with Gasteiger partial charge in [-0.1, -0.05) is 0 Å². The third kappa shape index (κ3) is 2.28. The number of amides is 1. The molecule has 0 heterocycles. The fourth-order valence-electron chi connectivity index (χ4n) is 5.11. The van der Waals surface area contributed by atoms with Crippen molar-refractivity contribution in [1.82, 2.24) is 0 Å². The summed E-state index contributed by atoms with van der Waals surface area (Å²) in [7, 11) is 0. The molecule has 0 atom stereocenters. The minimum Gasteiger partial charge on any atom is -0.326 e. The topological polar surface area (TPSA) is 29.1 Å². The monoisotopic (exact) mass is 381 g/mol. The van der Waals surface area contributed by atoms with Gasteiger partial charge >= 0.3 is 0 Å². The third-order valence-corrected chi connectivity index (χ3v) is 6.36.